The zero-order valence-corrected chi connectivity index (χ0v) is 16.0. The van der Waals surface area contributed by atoms with E-state index in [9.17, 15) is 17.6 Å². The number of hydrogen-bond donors (Lipinski definition) is 1. The van der Waals surface area contributed by atoms with Crippen LogP contribution < -0.4 is 4.72 Å². The fourth-order valence-electron chi connectivity index (χ4n) is 2.62. The lowest BCUT2D eigenvalue weighted by molar-refractivity contribution is 0.0595. The van der Waals surface area contributed by atoms with Crippen molar-refractivity contribution in [3.05, 3.63) is 59.2 Å². The molecule has 0 spiro atoms. The molecule has 3 aromatic rings. The third kappa shape index (κ3) is 3.56. The van der Waals surface area contributed by atoms with Gasteiger partial charge in [0.1, 0.15) is 10.7 Å². The number of nitrogens with one attached hydrogen (secondary N) is 1. The predicted octanol–water partition coefficient (Wildman–Crippen LogP) is 2.01. The third-order valence-corrected chi connectivity index (χ3v) is 5.39. The monoisotopic (exact) mass is 405 g/mol. The quantitative estimate of drug-likeness (QED) is 0.646. The van der Waals surface area contributed by atoms with Crippen LogP contribution in [0.4, 0.5) is 10.1 Å². The minimum atomic E-state index is -4.29. The van der Waals surface area contributed by atoms with Crippen LogP contribution in [0.15, 0.2) is 41.3 Å². The molecule has 28 heavy (non-hydrogen) atoms. The Kier molecular flexibility index (Phi) is 5.10. The number of benzene rings is 2. The number of rotatable bonds is 5. The third-order valence-electron chi connectivity index (χ3n) is 3.98. The van der Waals surface area contributed by atoms with Crippen LogP contribution in [0.3, 0.4) is 0 Å². The average molecular weight is 405 g/mol. The highest BCUT2D eigenvalue weighted by Crippen LogP contribution is 2.26. The minimum absolute atomic E-state index is 0.120. The zero-order valence-electron chi connectivity index (χ0n) is 15.2. The summed E-state index contributed by atoms with van der Waals surface area (Å²) in [7, 11) is -3.14. The Hall–Kier alpha value is -3.34. The summed E-state index contributed by atoms with van der Waals surface area (Å²) in [5, 5.41) is 11.0. The summed E-state index contributed by atoms with van der Waals surface area (Å²) in [5.74, 6) is -1.17. The number of aromatic nitrogens is 4. The zero-order chi connectivity index (χ0) is 20.5. The van der Waals surface area contributed by atoms with Gasteiger partial charge in [-0.15, -0.1) is 5.10 Å². The van der Waals surface area contributed by atoms with Gasteiger partial charge in [-0.05, 0) is 54.1 Å². The van der Waals surface area contributed by atoms with Crippen molar-refractivity contribution >= 4 is 21.7 Å². The van der Waals surface area contributed by atoms with Crippen molar-refractivity contribution in [2.75, 3.05) is 11.8 Å². The van der Waals surface area contributed by atoms with Gasteiger partial charge >= 0.3 is 5.97 Å². The van der Waals surface area contributed by atoms with E-state index in [0.717, 1.165) is 13.2 Å². The number of hydrogen-bond acceptors (Lipinski definition) is 7. The molecule has 0 amide bonds. The van der Waals surface area contributed by atoms with Gasteiger partial charge in [0, 0.05) is 0 Å². The number of carbonyl (C=O) groups excluding carboxylic acids is 1. The Morgan fingerprint density at radius 3 is 2.61 bits per heavy atom. The molecule has 0 unspecified atom stereocenters. The van der Waals surface area contributed by atoms with E-state index in [1.54, 1.807) is 19.9 Å². The number of esters is 1. The standard InChI is InChI=1S/C17H16FN5O4S/c1-10-5-4-6-15(16(10)17(24)27-3)28(25,26)20-14-9-12(7-8-13(14)18)23-11(2)19-21-22-23/h4-9,20H,1-3H3. The highest BCUT2D eigenvalue weighted by atomic mass is 32.2. The van der Waals surface area contributed by atoms with Crippen molar-refractivity contribution in [1.29, 1.82) is 0 Å². The molecule has 1 N–H and O–H groups in total. The van der Waals surface area contributed by atoms with Gasteiger partial charge in [-0.25, -0.2) is 17.6 Å². The number of nitrogens with zero attached hydrogens (tertiary/aromatic N) is 4. The first-order valence-corrected chi connectivity index (χ1v) is 9.48. The van der Waals surface area contributed by atoms with Gasteiger partial charge in [0.2, 0.25) is 0 Å². The molecule has 1 heterocycles. The molecule has 9 nitrogen and oxygen atoms in total. The lowest BCUT2D eigenvalue weighted by Crippen LogP contribution is -2.19. The van der Waals surface area contributed by atoms with Crippen molar-refractivity contribution in [1.82, 2.24) is 20.2 Å². The highest BCUT2D eigenvalue weighted by Gasteiger charge is 2.26. The Balaban J connectivity index is 2.06. The Labute approximate surface area is 160 Å². The summed E-state index contributed by atoms with van der Waals surface area (Å²) < 4.78 is 48.2. The van der Waals surface area contributed by atoms with Gasteiger partial charge in [-0.1, -0.05) is 12.1 Å². The summed E-state index contributed by atoms with van der Waals surface area (Å²) in [6.45, 7) is 3.22. The molecule has 2 aromatic carbocycles. The van der Waals surface area contributed by atoms with Gasteiger partial charge in [0.15, 0.2) is 5.82 Å². The molecule has 0 atom stereocenters. The van der Waals surface area contributed by atoms with Crippen molar-refractivity contribution in [3.63, 3.8) is 0 Å². The largest absolute Gasteiger partial charge is 0.465 e. The number of carbonyl (C=O) groups is 1. The molecule has 3 rings (SSSR count). The fourth-order valence-corrected chi connectivity index (χ4v) is 3.95. The smallest absolute Gasteiger partial charge is 0.339 e. The molecule has 1 aromatic heterocycles. The van der Waals surface area contributed by atoms with Crippen LogP contribution in [-0.2, 0) is 14.8 Å². The van der Waals surface area contributed by atoms with Crippen molar-refractivity contribution in [2.24, 2.45) is 0 Å². The number of methoxy groups -OCH3 is 1. The number of halogens is 1. The summed E-state index contributed by atoms with van der Waals surface area (Å²) in [5.41, 5.74) is 0.336. The van der Waals surface area contributed by atoms with Crippen LogP contribution in [0.1, 0.15) is 21.7 Å². The van der Waals surface area contributed by atoms with Crippen LogP contribution in [0, 0.1) is 19.7 Å². The van der Waals surface area contributed by atoms with E-state index in [4.69, 9.17) is 0 Å². The Bertz CT molecular complexity index is 1160. The molecule has 0 aliphatic rings. The molecule has 0 bridgehead atoms. The van der Waals surface area contributed by atoms with Crippen LogP contribution in [-0.4, -0.2) is 41.7 Å². The van der Waals surface area contributed by atoms with Crippen molar-refractivity contribution in [3.8, 4) is 5.69 Å². The minimum Gasteiger partial charge on any atom is -0.465 e. The van der Waals surface area contributed by atoms with E-state index in [1.807, 2.05) is 0 Å². The van der Waals surface area contributed by atoms with Crippen molar-refractivity contribution < 1.29 is 22.3 Å². The molecular formula is C17H16FN5O4S. The van der Waals surface area contributed by atoms with Crippen LogP contribution in [0.25, 0.3) is 5.69 Å². The van der Waals surface area contributed by atoms with Crippen LogP contribution >= 0.6 is 0 Å². The first-order valence-electron chi connectivity index (χ1n) is 8.00. The number of anilines is 1. The Morgan fingerprint density at radius 1 is 1.21 bits per heavy atom. The van der Waals surface area contributed by atoms with Gasteiger partial charge < -0.3 is 4.74 Å². The molecule has 0 aliphatic heterocycles. The van der Waals surface area contributed by atoms with Crippen LogP contribution in [0.2, 0.25) is 0 Å². The molecule has 0 aliphatic carbocycles. The molecular weight excluding hydrogens is 389 g/mol. The van der Waals surface area contributed by atoms with E-state index in [0.29, 0.717) is 17.1 Å². The van der Waals surface area contributed by atoms with Crippen LogP contribution in [0.5, 0.6) is 0 Å². The lowest BCUT2D eigenvalue weighted by Gasteiger charge is -2.14. The predicted molar refractivity (Wildman–Crippen MR) is 97.2 cm³/mol. The van der Waals surface area contributed by atoms with E-state index in [1.165, 1.54) is 28.9 Å². The van der Waals surface area contributed by atoms with Gasteiger partial charge in [-0.2, -0.15) is 4.68 Å². The molecule has 0 saturated carbocycles. The van der Waals surface area contributed by atoms with Gasteiger partial charge in [-0.3, -0.25) is 4.72 Å². The topological polar surface area (TPSA) is 116 Å². The maximum atomic E-state index is 14.3. The summed E-state index contributed by atoms with van der Waals surface area (Å²) in [4.78, 5) is 11.7. The second-order valence-electron chi connectivity index (χ2n) is 5.85. The maximum absolute atomic E-state index is 14.3. The van der Waals surface area contributed by atoms with E-state index in [-0.39, 0.29) is 16.1 Å². The molecule has 0 radical (unpaired) electrons. The molecule has 146 valence electrons. The average Bonchev–Trinajstić information content (AvgIpc) is 3.08. The normalized spacial score (nSPS) is 11.3. The molecule has 11 heteroatoms. The van der Waals surface area contributed by atoms with E-state index < -0.39 is 21.8 Å². The number of aryl methyl sites for hydroxylation is 2. The maximum Gasteiger partial charge on any atom is 0.339 e. The molecule has 0 fully saturated rings. The molecule has 0 saturated heterocycles. The second-order valence-corrected chi connectivity index (χ2v) is 7.50. The second kappa shape index (κ2) is 7.35. The summed E-state index contributed by atoms with van der Waals surface area (Å²) in [6.07, 6.45) is 0. The first kappa shape index (κ1) is 19.4. The number of tetrazole rings is 1. The van der Waals surface area contributed by atoms with Gasteiger partial charge in [0.05, 0.1) is 24.0 Å². The highest BCUT2D eigenvalue weighted by molar-refractivity contribution is 7.92. The number of sulfonamides is 1. The lowest BCUT2D eigenvalue weighted by atomic mass is 10.1. The summed E-state index contributed by atoms with van der Waals surface area (Å²) >= 11 is 0. The summed E-state index contributed by atoms with van der Waals surface area (Å²) in [6, 6.07) is 8.05. The van der Waals surface area contributed by atoms with E-state index in [2.05, 4.69) is 25.0 Å². The SMILES string of the molecule is COC(=O)c1c(C)cccc1S(=O)(=O)Nc1cc(-n2nnnc2C)ccc1F. The first-order chi connectivity index (χ1) is 13.2. The van der Waals surface area contributed by atoms with Gasteiger partial charge in [0.25, 0.3) is 10.0 Å². The Morgan fingerprint density at radius 2 is 1.96 bits per heavy atom. The number of ether oxygens (including phenoxy) is 1. The van der Waals surface area contributed by atoms with Crippen molar-refractivity contribution in [2.45, 2.75) is 18.7 Å². The fraction of sp³-hybridized carbons (Fsp3) is 0.176. The van der Waals surface area contributed by atoms with E-state index >= 15 is 0 Å².